The molecule has 0 N–H and O–H groups in total. The number of amides is 1. The molecule has 1 aromatic heterocycles. The molecule has 7 nitrogen and oxygen atoms in total. The average Bonchev–Trinajstić information content (AvgIpc) is 3.15. The summed E-state index contributed by atoms with van der Waals surface area (Å²) in [7, 11) is -3.59. The van der Waals surface area contributed by atoms with Crippen LogP contribution in [0.25, 0.3) is 10.2 Å². The molecule has 3 aromatic rings. The van der Waals surface area contributed by atoms with E-state index in [4.69, 9.17) is 4.74 Å². The Morgan fingerprint density at radius 2 is 1.76 bits per heavy atom. The first-order valence-corrected chi connectivity index (χ1v) is 13.9. The van der Waals surface area contributed by atoms with Gasteiger partial charge in [0.05, 0.1) is 21.7 Å². The minimum Gasteiger partial charge on any atom is -0.380 e. The summed E-state index contributed by atoms with van der Waals surface area (Å²) in [5.41, 5.74) is 1.36. The van der Waals surface area contributed by atoms with Crippen molar-refractivity contribution in [1.29, 1.82) is 0 Å². The van der Waals surface area contributed by atoms with Gasteiger partial charge < -0.3 is 9.30 Å². The van der Waals surface area contributed by atoms with Gasteiger partial charge in [0.2, 0.25) is 10.0 Å². The van der Waals surface area contributed by atoms with Gasteiger partial charge in [-0.2, -0.15) is 9.30 Å². The van der Waals surface area contributed by atoms with Crippen molar-refractivity contribution in [2.45, 2.75) is 38.6 Å². The number of hydrogen-bond acceptors (Lipinski definition) is 5. The molecule has 2 atom stereocenters. The Kier molecular flexibility index (Phi) is 7.67. The molecular formula is C25H31N3O4S2. The second kappa shape index (κ2) is 10.5. The normalized spacial score (nSPS) is 20.1. The Balaban J connectivity index is 1.60. The van der Waals surface area contributed by atoms with Gasteiger partial charge in [0, 0.05) is 31.8 Å². The minimum atomic E-state index is -3.59. The largest absolute Gasteiger partial charge is 0.380 e. The molecule has 34 heavy (non-hydrogen) atoms. The first-order chi connectivity index (χ1) is 16.3. The van der Waals surface area contributed by atoms with Gasteiger partial charge >= 0.3 is 0 Å². The third kappa shape index (κ3) is 5.33. The van der Waals surface area contributed by atoms with E-state index in [9.17, 15) is 13.2 Å². The van der Waals surface area contributed by atoms with Gasteiger partial charge in [-0.15, -0.1) is 0 Å². The number of benzene rings is 2. The zero-order chi connectivity index (χ0) is 24.3. The molecular weight excluding hydrogens is 470 g/mol. The molecule has 4 rings (SSSR count). The molecule has 182 valence electrons. The van der Waals surface area contributed by atoms with E-state index in [0.717, 1.165) is 16.6 Å². The van der Waals surface area contributed by atoms with Crippen LogP contribution in [0.2, 0.25) is 0 Å². The van der Waals surface area contributed by atoms with Gasteiger partial charge in [0.15, 0.2) is 4.80 Å². The van der Waals surface area contributed by atoms with E-state index < -0.39 is 15.9 Å². The van der Waals surface area contributed by atoms with Crippen molar-refractivity contribution >= 4 is 37.5 Å². The van der Waals surface area contributed by atoms with Gasteiger partial charge in [0.25, 0.3) is 5.91 Å². The topological polar surface area (TPSA) is 81.0 Å². The lowest BCUT2D eigenvalue weighted by Crippen LogP contribution is -2.42. The summed E-state index contributed by atoms with van der Waals surface area (Å²) in [6.07, 6.45) is 1.03. The van der Waals surface area contributed by atoms with Crippen molar-refractivity contribution < 1.29 is 17.9 Å². The number of fused-ring (bicyclic) bond motifs is 1. The predicted octanol–water partition coefficient (Wildman–Crippen LogP) is 4.15. The maximum atomic E-state index is 13.1. The lowest BCUT2D eigenvalue weighted by Gasteiger charge is -2.34. The highest BCUT2D eigenvalue weighted by atomic mass is 32.2. The third-order valence-corrected chi connectivity index (χ3v) is 8.93. The van der Waals surface area contributed by atoms with Gasteiger partial charge in [-0.05, 0) is 61.6 Å². The van der Waals surface area contributed by atoms with Gasteiger partial charge in [-0.25, -0.2) is 8.42 Å². The molecule has 0 saturated carbocycles. The van der Waals surface area contributed by atoms with Crippen LogP contribution in [0.4, 0.5) is 0 Å². The summed E-state index contributed by atoms with van der Waals surface area (Å²) < 4.78 is 36.3. The fourth-order valence-corrected chi connectivity index (χ4v) is 7.23. The van der Waals surface area contributed by atoms with Crippen molar-refractivity contribution in [1.82, 2.24) is 8.87 Å². The fraction of sp³-hybridized carbons (Fsp3) is 0.440. The predicted molar refractivity (Wildman–Crippen MR) is 134 cm³/mol. The number of para-hydroxylation sites is 1. The van der Waals surface area contributed by atoms with Crippen LogP contribution in [0.15, 0.2) is 58.4 Å². The van der Waals surface area contributed by atoms with Crippen molar-refractivity contribution in [3.8, 4) is 0 Å². The smallest absolute Gasteiger partial charge is 0.279 e. The van der Waals surface area contributed by atoms with Crippen LogP contribution in [-0.4, -0.2) is 49.5 Å². The van der Waals surface area contributed by atoms with Crippen LogP contribution >= 0.6 is 11.3 Å². The van der Waals surface area contributed by atoms with Gasteiger partial charge in [0.1, 0.15) is 0 Å². The SMILES string of the molecule is CCOCCn1c(=NC(=O)c2ccc(S(=O)(=O)N3C[C@H](C)C[C@@H](C)C3)cc2)sc2ccccc21. The number of aromatic nitrogens is 1. The van der Waals surface area contributed by atoms with E-state index in [-0.39, 0.29) is 4.90 Å². The number of sulfonamides is 1. The molecule has 0 spiro atoms. The Bertz CT molecular complexity index is 1320. The first kappa shape index (κ1) is 24.8. The van der Waals surface area contributed by atoms with E-state index in [1.807, 2.05) is 35.8 Å². The summed E-state index contributed by atoms with van der Waals surface area (Å²) >= 11 is 1.45. The number of rotatable bonds is 7. The summed E-state index contributed by atoms with van der Waals surface area (Å²) in [5, 5.41) is 0. The second-order valence-corrected chi connectivity index (χ2v) is 11.9. The van der Waals surface area contributed by atoms with Crippen LogP contribution in [0.1, 0.15) is 37.6 Å². The molecule has 0 aliphatic carbocycles. The number of ether oxygens (including phenoxy) is 1. The molecule has 1 aliphatic rings. The summed E-state index contributed by atoms with van der Waals surface area (Å²) in [5.74, 6) is 0.253. The molecule has 1 fully saturated rings. The van der Waals surface area contributed by atoms with Crippen LogP contribution in [0.3, 0.4) is 0 Å². The zero-order valence-electron chi connectivity index (χ0n) is 19.8. The van der Waals surface area contributed by atoms with E-state index in [0.29, 0.717) is 55.0 Å². The van der Waals surface area contributed by atoms with E-state index in [1.54, 1.807) is 16.4 Å². The Morgan fingerprint density at radius 1 is 1.09 bits per heavy atom. The Hall–Kier alpha value is -2.33. The highest BCUT2D eigenvalue weighted by Crippen LogP contribution is 2.27. The standard InChI is InChI=1S/C25H31N3O4S2/c1-4-32-14-13-28-22-7-5-6-8-23(22)33-25(28)26-24(29)20-9-11-21(12-10-20)34(30,31)27-16-18(2)15-19(3)17-27/h5-12,18-19H,4,13-17H2,1-3H3/t18-,19-/m1/s1. The number of nitrogens with zero attached hydrogens (tertiary/aromatic N) is 3. The third-order valence-electron chi connectivity index (χ3n) is 6.02. The van der Waals surface area contributed by atoms with Crippen LogP contribution in [0, 0.1) is 11.8 Å². The highest BCUT2D eigenvalue weighted by molar-refractivity contribution is 7.89. The van der Waals surface area contributed by atoms with Crippen molar-refractivity contribution in [3.05, 3.63) is 58.9 Å². The van der Waals surface area contributed by atoms with Gasteiger partial charge in [-0.1, -0.05) is 37.3 Å². The number of carbonyl (C=O) groups excluding carboxylic acids is 1. The molecule has 0 unspecified atom stereocenters. The number of piperidine rings is 1. The van der Waals surface area contributed by atoms with Crippen LogP contribution < -0.4 is 4.80 Å². The minimum absolute atomic E-state index is 0.207. The molecule has 0 bridgehead atoms. The van der Waals surface area contributed by atoms with Crippen LogP contribution in [-0.2, 0) is 21.3 Å². The van der Waals surface area contributed by atoms with Crippen molar-refractivity contribution in [2.24, 2.45) is 16.8 Å². The summed E-state index contributed by atoms with van der Waals surface area (Å²) in [4.78, 5) is 18.1. The van der Waals surface area contributed by atoms with E-state index >= 15 is 0 Å². The van der Waals surface area contributed by atoms with Crippen molar-refractivity contribution in [3.63, 3.8) is 0 Å². The monoisotopic (exact) mass is 501 g/mol. The molecule has 1 saturated heterocycles. The molecule has 9 heteroatoms. The molecule has 2 aromatic carbocycles. The quantitative estimate of drug-likeness (QED) is 0.456. The summed E-state index contributed by atoms with van der Waals surface area (Å²) in [6, 6.07) is 14.0. The molecule has 1 aliphatic heterocycles. The van der Waals surface area contributed by atoms with E-state index in [2.05, 4.69) is 18.8 Å². The average molecular weight is 502 g/mol. The second-order valence-electron chi connectivity index (χ2n) is 8.91. The van der Waals surface area contributed by atoms with Crippen molar-refractivity contribution in [2.75, 3.05) is 26.3 Å². The fourth-order valence-electron chi connectivity index (χ4n) is 4.49. The maximum Gasteiger partial charge on any atom is 0.279 e. The molecule has 1 amide bonds. The highest BCUT2D eigenvalue weighted by Gasteiger charge is 2.31. The van der Waals surface area contributed by atoms with Gasteiger partial charge in [-0.3, -0.25) is 4.79 Å². The molecule has 0 radical (unpaired) electrons. The van der Waals surface area contributed by atoms with E-state index in [1.165, 1.54) is 23.5 Å². The Morgan fingerprint density at radius 3 is 2.44 bits per heavy atom. The Labute approximate surface area is 204 Å². The number of thiazole rings is 1. The summed E-state index contributed by atoms with van der Waals surface area (Å²) in [6.45, 7) is 8.89. The number of carbonyl (C=O) groups is 1. The number of hydrogen-bond donors (Lipinski definition) is 0. The maximum absolute atomic E-state index is 13.1. The molecule has 2 heterocycles. The van der Waals surface area contributed by atoms with Crippen LogP contribution in [0.5, 0.6) is 0 Å². The lowest BCUT2D eigenvalue weighted by atomic mass is 9.94. The lowest BCUT2D eigenvalue weighted by molar-refractivity contribution is 0.0996. The first-order valence-electron chi connectivity index (χ1n) is 11.6. The zero-order valence-corrected chi connectivity index (χ0v) is 21.4.